The van der Waals surface area contributed by atoms with Crippen LogP contribution in [0.15, 0.2) is 23.8 Å². The Labute approximate surface area is 213 Å². The second kappa shape index (κ2) is 7.71. The summed E-state index contributed by atoms with van der Waals surface area (Å²) in [6.07, 6.45) is -0.356. The van der Waals surface area contributed by atoms with E-state index < -0.39 is 74.2 Å². The SMILES string of the molecule is CN(C)C(=O)SC(=O)[C@@]12OC(C)(C)O[C@@H]1C[C@H]1[C@@H]3C[C@H](F)C4=CC(=O)C=C[C@]4(C)[C@@]3(F)[C@@H](O)C[C@@]12C. The minimum atomic E-state index is -2.27. The van der Waals surface area contributed by atoms with Crippen molar-refractivity contribution in [3.05, 3.63) is 23.8 Å². The average Bonchev–Trinajstić information content (AvgIpc) is 3.18. The van der Waals surface area contributed by atoms with Gasteiger partial charge < -0.3 is 19.5 Å². The fraction of sp³-hybridized carbons (Fsp3) is 0.731. The number of ketones is 1. The molecule has 0 radical (unpaired) electrons. The predicted octanol–water partition coefficient (Wildman–Crippen LogP) is 3.75. The molecule has 1 aliphatic heterocycles. The van der Waals surface area contributed by atoms with Gasteiger partial charge in [-0.15, -0.1) is 0 Å². The minimum absolute atomic E-state index is 0.0427. The lowest BCUT2D eigenvalue weighted by Gasteiger charge is -2.63. The third-order valence-corrected chi connectivity index (χ3v) is 10.5. The van der Waals surface area contributed by atoms with Gasteiger partial charge in [-0.2, -0.15) is 0 Å². The minimum Gasteiger partial charge on any atom is -0.390 e. The van der Waals surface area contributed by atoms with Crippen LogP contribution in [0.25, 0.3) is 0 Å². The van der Waals surface area contributed by atoms with Crippen LogP contribution in [0, 0.1) is 22.7 Å². The summed E-state index contributed by atoms with van der Waals surface area (Å²) in [6.45, 7) is 6.65. The lowest BCUT2D eigenvalue weighted by molar-refractivity contribution is -0.246. The standard InChI is InChI=1S/C26H33F2NO6S/c1-22(2)34-19-11-14-15-10-17(27)16-9-13(30)7-8-23(16,3)25(15,28)18(31)12-24(14,4)26(19,35-22)20(32)36-21(33)29(5)6/h7-9,14-15,17-19,31H,10-12H2,1-6H3/t14-,15-,17-,18-,19+,23-,24-,25-,26-/m0/s1. The molecule has 7 nitrogen and oxygen atoms in total. The average molecular weight is 526 g/mol. The molecule has 0 aromatic carbocycles. The van der Waals surface area contributed by atoms with Gasteiger partial charge in [0.25, 0.3) is 5.24 Å². The highest BCUT2D eigenvalue weighted by molar-refractivity contribution is 8.26. The summed E-state index contributed by atoms with van der Waals surface area (Å²) in [5.74, 6) is -3.10. The van der Waals surface area contributed by atoms with Crippen molar-refractivity contribution in [3.8, 4) is 0 Å². The number of hydrogen-bond acceptors (Lipinski definition) is 7. The maximum Gasteiger partial charge on any atom is 0.288 e. The summed E-state index contributed by atoms with van der Waals surface area (Å²) < 4.78 is 45.5. The number of carbonyl (C=O) groups excluding carboxylic acids is 3. The Hall–Kier alpha value is -1.62. The van der Waals surface area contributed by atoms with Gasteiger partial charge in [-0.05, 0) is 63.7 Å². The van der Waals surface area contributed by atoms with Gasteiger partial charge in [0.1, 0.15) is 6.17 Å². The fourth-order valence-electron chi connectivity index (χ4n) is 7.90. The third-order valence-electron chi connectivity index (χ3n) is 9.47. The van der Waals surface area contributed by atoms with Gasteiger partial charge in [-0.3, -0.25) is 14.4 Å². The molecule has 4 aliphatic carbocycles. The molecule has 0 aromatic heterocycles. The van der Waals surface area contributed by atoms with Gasteiger partial charge in [0.05, 0.1) is 12.2 Å². The highest BCUT2D eigenvalue weighted by atomic mass is 32.2. The molecule has 0 unspecified atom stereocenters. The number of carbonyl (C=O) groups is 3. The molecule has 0 aromatic rings. The van der Waals surface area contributed by atoms with E-state index in [1.807, 2.05) is 0 Å². The number of halogens is 2. The van der Waals surface area contributed by atoms with Crippen LogP contribution in [0.2, 0.25) is 0 Å². The van der Waals surface area contributed by atoms with E-state index in [9.17, 15) is 19.5 Å². The van der Waals surface area contributed by atoms with E-state index in [1.165, 1.54) is 38.1 Å². The van der Waals surface area contributed by atoms with Crippen molar-refractivity contribution in [3.63, 3.8) is 0 Å². The zero-order chi connectivity index (χ0) is 26.6. The number of amides is 1. The van der Waals surface area contributed by atoms with Crippen molar-refractivity contribution in [1.29, 1.82) is 0 Å². The summed E-state index contributed by atoms with van der Waals surface area (Å²) in [7, 11) is 3.07. The first kappa shape index (κ1) is 26.0. The second-order valence-corrected chi connectivity index (χ2v) is 12.9. The van der Waals surface area contributed by atoms with Crippen LogP contribution in [0.4, 0.5) is 13.6 Å². The Morgan fingerprint density at radius 3 is 2.47 bits per heavy atom. The van der Waals surface area contributed by atoms with Crippen LogP contribution >= 0.6 is 11.8 Å². The molecule has 1 amide bonds. The number of fused-ring (bicyclic) bond motifs is 7. The fourth-order valence-corrected chi connectivity index (χ4v) is 8.80. The number of aliphatic hydroxyl groups excluding tert-OH is 1. The van der Waals surface area contributed by atoms with E-state index in [0.29, 0.717) is 11.8 Å². The molecule has 9 atom stereocenters. The molecule has 36 heavy (non-hydrogen) atoms. The molecule has 1 N–H and O–H groups in total. The van der Waals surface area contributed by atoms with Crippen molar-refractivity contribution in [2.75, 3.05) is 14.1 Å². The number of alkyl halides is 2. The quantitative estimate of drug-likeness (QED) is 0.557. The molecule has 0 bridgehead atoms. The number of hydrogen-bond donors (Lipinski definition) is 1. The Balaban J connectivity index is 1.62. The van der Waals surface area contributed by atoms with Crippen molar-refractivity contribution in [1.82, 2.24) is 4.90 Å². The monoisotopic (exact) mass is 525 g/mol. The Morgan fingerprint density at radius 2 is 1.83 bits per heavy atom. The smallest absolute Gasteiger partial charge is 0.288 e. The van der Waals surface area contributed by atoms with Gasteiger partial charge in [0.2, 0.25) is 5.12 Å². The number of aliphatic hydroxyl groups is 1. The third kappa shape index (κ3) is 3.04. The van der Waals surface area contributed by atoms with Crippen LogP contribution < -0.4 is 0 Å². The maximum absolute atomic E-state index is 17.4. The molecular formula is C26H33F2NO6S. The first-order chi connectivity index (χ1) is 16.5. The number of thioether (sulfide) groups is 1. The van der Waals surface area contributed by atoms with Gasteiger partial charge in [0.15, 0.2) is 22.8 Å². The van der Waals surface area contributed by atoms with Gasteiger partial charge in [0, 0.05) is 42.6 Å². The summed E-state index contributed by atoms with van der Waals surface area (Å²) >= 11 is 0.511. The lowest BCUT2D eigenvalue weighted by atomic mass is 9.44. The van der Waals surface area contributed by atoms with Gasteiger partial charge >= 0.3 is 0 Å². The zero-order valence-electron chi connectivity index (χ0n) is 21.3. The number of ether oxygens (including phenoxy) is 2. The summed E-state index contributed by atoms with van der Waals surface area (Å²) in [4.78, 5) is 39.7. The van der Waals surface area contributed by atoms with Crippen molar-refractivity contribution in [2.24, 2.45) is 22.7 Å². The van der Waals surface area contributed by atoms with Crippen LogP contribution in [0.5, 0.6) is 0 Å². The van der Waals surface area contributed by atoms with E-state index in [-0.39, 0.29) is 24.8 Å². The van der Waals surface area contributed by atoms with Crippen molar-refractivity contribution < 1.29 is 37.7 Å². The number of rotatable bonds is 1. The molecule has 10 heteroatoms. The highest BCUT2D eigenvalue weighted by Gasteiger charge is 2.81. The number of allylic oxidation sites excluding steroid dienone is 4. The van der Waals surface area contributed by atoms with Crippen LogP contribution in [0.3, 0.4) is 0 Å². The molecule has 0 spiro atoms. The maximum atomic E-state index is 17.4. The molecule has 3 saturated carbocycles. The van der Waals surface area contributed by atoms with Crippen LogP contribution in [-0.2, 0) is 19.1 Å². The lowest BCUT2D eigenvalue weighted by Crippen LogP contribution is -2.70. The molecule has 4 fully saturated rings. The first-order valence-corrected chi connectivity index (χ1v) is 13.1. The van der Waals surface area contributed by atoms with Crippen molar-refractivity contribution in [2.45, 2.75) is 82.4 Å². The number of nitrogens with zero attached hydrogens (tertiary/aromatic N) is 1. The molecular weight excluding hydrogens is 492 g/mol. The van der Waals surface area contributed by atoms with E-state index >= 15 is 8.78 Å². The van der Waals surface area contributed by atoms with Crippen LogP contribution in [0.1, 0.15) is 47.0 Å². The topological polar surface area (TPSA) is 93.1 Å². The molecule has 1 saturated heterocycles. The van der Waals surface area contributed by atoms with E-state index in [1.54, 1.807) is 20.8 Å². The van der Waals surface area contributed by atoms with E-state index in [0.717, 1.165) is 6.08 Å². The second-order valence-electron chi connectivity index (χ2n) is 12.0. The molecule has 198 valence electrons. The Bertz CT molecular complexity index is 1110. The molecule has 5 rings (SSSR count). The Kier molecular flexibility index (Phi) is 5.57. The van der Waals surface area contributed by atoms with Gasteiger partial charge in [-0.1, -0.05) is 13.0 Å². The zero-order valence-corrected chi connectivity index (χ0v) is 22.2. The summed E-state index contributed by atoms with van der Waals surface area (Å²) in [5, 5.41) is 10.5. The summed E-state index contributed by atoms with van der Waals surface area (Å²) in [6, 6.07) is 0. The Morgan fingerprint density at radius 1 is 1.17 bits per heavy atom. The normalized spacial score (nSPS) is 48.4. The largest absolute Gasteiger partial charge is 0.390 e. The highest BCUT2D eigenvalue weighted by Crippen LogP contribution is 2.73. The van der Waals surface area contributed by atoms with E-state index in [4.69, 9.17) is 9.47 Å². The van der Waals surface area contributed by atoms with E-state index in [2.05, 4.69) is 0 Å². The first-order valence-electron chi connectivity index (χ1n) is 12.3. The molecule has 1 heterocycles. The van der Waals surface area contributed by atoms with Gasteiger partial charge in [-0.25, -0.2) is 8.78 Å². The molecule has 5 aliphatic rings. The van der Waals surface area contributed by atoms with Crippen molar-refractivity contribution >= 4 is 27.9 Å². The predicted molar refractivity (Wildman–Crippen MR) is 128 cm³/mol. The summed E-state index contributed by atoms with van der Waals surface area (Å²) in [5.41, 5.74) is -6.50. The van der Waals surface area contributed by atoms with Crippen LogP contribution in [-0.4, -0.2) is 75.7 Å².